The number of benzene rings is 1. The van der Waals surface area contributed by atoms with Crippen LogP contribution in [0.15, 0.2) is 24.4 Å². The maximum atomic E-state index is 12.5. The van der Waals surface area contributed by atoms with E-state index in [-0.39, 0.29) is 0 Å². The van der Waals surface area contributed by atoms with E-state index in [4.69, 9.17) is 0 Å². The Morgan fingerprint density at radius 3 is 2.04 bits per heavy atom. The summed E-state index contributed by atoms with van der Waals surface area (Å²) in [7, 11) is -12.1. The van der Waals surface area contributed by atoms with Crippen molar-refractivity contribution in [3.05, 3.63) is 24.4 Å². The Bertz CT molecular complexity index is 990. The summed E-state index contributed by atoms with van der Waals surface area (Å²) in [5.41, 5.74) is -12.3. The Hall–Kier alpha value is -2.03. The van der Waals surface area contributed by atoms with Crippen LogP contribution in [-0.2, 0) is 20.1 Å². The van der Waals surface area contributed by atoms with Crippen molar-refractivity contribution in [2.45, 2.75) is 11.0 Å². The van der Waals surface area contributed by atoms with Crippen LogP contribution in [0.25, 0.3) is 10.9 Å². The highest BCUT2D eigenvalue weighted by Gasteiger charge is 2.50. The normalized spacial score (nSPS) is 14.1. The first-order valence-corrected chi connectivity index (χ1v) is 8.32. The van der Waals surface area contributed by atoms with Crippen LogP contribution in [0.2, 0.25) is 0 Å². The minimum absolute atomic E-state index is 0.430. The summed E-state index contributed by atoms with van der Waals surface area (Å²) in [6.45, 7) is 0. The van der Waals surface area contributed by atoms with Gasteiger partial charge in [-0.05, 0) is 12.1 Å². The van der Waals surface area contributed by atoms with Gasteiger partial charge >= 0.3 is 31.2 Å². The van der Waals surface area contributed by atoms with Gasteiger partial charge in [0.1, 0.15) is 0 Å². The van der Waals surface area contributed by atoms with Gasteiger partial charge in [-0.1, -0.05) is 6.07 Å². The summed E-state index contributed by atoms with van der Waals surface area (Å²) < 4.78 is 122. The fourth-order valence-electron chi connectivity index (χ4n) is 1.53. The molecule has 0 radical (unpaired) electrons. The number of aromatic nitrogens is 2. The molecule has 0 saturated carbocycles. The first-order chi connectivity index (χ1) is 10.7. The maximum absolute atomic E-state index is 12.5. The van der Waals surface area contributed by atoms with Crippen LogP contribution in [0.3, 0.4) is 0 Å². The van der Waals surface area contributed by atoms with Gasteiger partial charge in [-0.2, -0.15) is 48.3 Å². The Balaban J connectivity index is 2.64. The van der Waals surface area contributed by atoms with Gasteiger partial charge in [-0.25, -0.2) is 0 Å². The van der Waals surface area contributed by atoms with Gasteiger partial charge in [0.15, 0.2) is 5.75 Å². The molecule has 1 aromatic heterocycles. The van der Waals surface area contributed by atoms with E-state index in [1.807, 2.05) is 0 Å². The van der Waals surface area contributed by atoms with Gasteiger partial charge in [0.25, 0.3) is 0 Å². The molecule has 2 rings (SSSR count). The molecule has 0 amide bonds. The molecule has 15 heteroatoms. The molecule has 0 aliphatic heterocycles. The van der Waals surface area contributed by atoms with Crippen molar-refractivity contribution < 1.29 is 47.4 Å². The lowest BCUT2D eigenvalue weighted by Crippen LogP contribution is -2.30. The third kappa shape index (κ3) is 2.88. The molecule has 2 aromatic rings. The van der Waals surface area contributed by atoms with E-state index in [2.05, 4.69) is 9.28 Å². The highest BCUT2D eigenvalue weighted by molar-refractivity contribution is 7.90. The van der Waals surface area contributed by atoms with E-state index in [0.29, 0.717) is 12.3 Å². The molecule has 1 aromatic carbocycles. The molecule has 0 bridgehead atoms. The fraction of sp³-hybridized carbons (Fsp3) is 0.222. The molecule has 0 saturated heterocycles. The summed E-state index contributed by atoms with van der Waals surface area (Å²) in [6.07, 6.45) is 0.430. The van der Waals surface area contributed by atoms with Crippen molar-refractivity contribution in [2.75, 3.05) is 0 Å². The van der Waals surface area contributed by atoms with Crippen molar-refractivity contribution in [2.24, 2.45) is 0 Å². The van der Waals surface area contributed by atoms with Gasteiger partial charge in [0.2, 0.25) is 0 Å². The first kappa shape index (κ1) is 18.3. The number of hydrogen-bond donors (Lipinski definition) is 0. The van der Waals surface area contributed by atoms with Crippen LogP contribution >= 0.6 is 0 Å². The van der Waals surface area contributed by atoms with Crippen LogP contribution in [-0.4, -0.2) is 37.0 Å². The summed E-state index contributed by atoms with van der Waals surface area (Å²) >= 11 is 0. The number of nitrogens with zero attached hydrogens (tertiary/aromatic N) is 2. The SMILES string of the molecule is O=S(=O)(Oc1cccc2c1cnn2S(=O)(=O)C(F)(F)F)C(F)(F)F. The molecular weight excluding hydrogens is 394 g/mol. The third-order valence-electron chi connectivity index (χ3n) is 2.54. The third-order valence-corrected chi connectivity index (χ3v) is 4.84. The van der Waals surface area contributed by atoms with E-state index in [0.717, 1.165) is 12.1 Å². The lowest BCUT2D eigenvalue weighted by atomic mass is 10.2. The zero-order valence-electron chi connectivity index (χ0n) is 10.8. The van der Waals surface area contributed by atoms with Crippen molar-refractivity contribution in [3.8, 4) is 5.75 Å². The molecule has 0 spiro atoms. The molecule has 0 aliphatic rings. The highest BCUT2D eigenvalue weighted by Crippen LogP contribution is 2.34. The Morgan fingerprint density at radius 2 is 1.54 bits per heavy atom. The molecule has 1 heterocycles. The maximum Gasteiger partial charge on any atom is 0.534 e. The highest BCUT2D eigenvalue weighted by atomic mass is 32.2. The zero-order valence-corrected chi connectivity index (χ0v) is 12.5. The van der Waals surface area contributed by atoms with E-state index in [1.54, 1.807) is 0 Å². The molecule has 0 atom stereocenters. The van der Waals surface area contributed by atoms with Gasteiger partial charge in [0, 0.05) is 0 Å². The predicted octanol–water partition coefficient (Wildman–Crippen LogP) is 1.96. The van der Waals surface area contributed by atoms with Crippen molar-refractivity contribution in [3.63, 3.8) is 0 Å². The summed E-state index contributed by atoms with van der Waals surface area (Å²) in [5.74, 6) is -1.03. The van der Waals surface area contributed by atoms with Crippen molar-refractivity contribution >= 4 is 31.0 Å². The smallest absolute Gasteiger partial charge is 0.375 e. The lowest BCUT2D eigenvalue weighted by Gasteiger charge is -2.11. The summed E-state index contributed by atoms with van der Waals surface area (Å²) in [4.78, 5) is 0. The van der Waals surface area contributed by atoms with E-state index in [9.17, 15) is 43.2 Å². The Kier molecular flexibility index (Phi) is 3.99. The van der Waals surface area contributed by atoms with E-state index >= 15 is 0 Å². The molecule has 7 nitrogen and oxygen atoms in total. The van der Waals surface area contributed by atoms with Crippen LogP contribution in [0.5, 0.6) is 5.75 Å². The molecular formula is C9H4F6N2O5S2. The first-order valence-electron chi connectivity index (χ1n) is 5.48. The molecule has 0 unspecified atom stereocenters. The zero-order chi connectivity index (χ0) is 18.6. The molecule has 0 N–H and O–H groups in total. The van der Waals surface area contributed by atoms with Gasteiger partial charge in [0.05, 0.1) is 17.1 Å². The molecule has 24 heavy (non-hydrogen) atoms. The Morgan fingerprint density at radius 1 is 0.958 bits per heavy atom. The number of rotatable bonds is 3. The average molecular weight is 398 g/mol. The molecule has 0 aliphatic carbocycles. The van der Waals surface area contributed by atoms with Gasteiger partial charge in [-0.15, -0.1) is 4.09 Å². The van der Waals surface area contributed by atoms with Crippen LogP contribution in [0.4, 0.5) is 26.3 Å². The number of halogens is 6. The van der Waals surface area contributed by atoms with Crippen LogP contribution in [0, 0.1) is 0 Å². The number of alkyl halides is 6. The second-order valence-corrected chi connectivity index (χ2v) is 7.41. The fourth-order valence-corrected chi connectivity index (χ4v) is 2.79. The second kappa shape index (κ2) is 5.23. The van der Waals surface area contributed by atoms with E-state index < -0.39 is 51.9 Å². The minimum Gasteiger partial charge on any atom is -0.375 e. The quantitative estimate of drug-likeness (QED) is 0.446. The van der Waals surface area contributed by atoms with Crippen molar-refractivity contribution in [1.29, 1.82) is 0 Å². The van der Waals surface area contributed by atoms with E-state index in [1.165, 1.54) is 0 Å². The van der Waals surface area contributed by atoms with Gasteiger partial charge in [-0.3, -0.25) is 0 Å². The number of fused-ring (bicyclic) bond motifs is 1. The average Bonchev–Trinajstić information content (AvgIpc) is 2.81. The lowest BCUT2D eigenvalue weighted by molar-refractivity contribution is -0.0500. The second-order valence-electron chi connectivity index (χ2n) is 4.11. The summed E-state index contributed by atoms with van der Waals surface area (Å²) in [5, 5.41) is 2.26. The predicted molar refractivity (Wildman–Crippen MR) is 65.7 cm³/mol. The largest absolute Gasteiger partial charge is 0.534 e. The molecule has 134 valence electrons. The standard InChI is InChI=1S/C9H4F6N2O5S2/c10-8(11,12)23(18,19)17-6-2-1-3-7(5(6)4-16-17)22-24(20,21)9(13,14)15/h1-4H. The van der Waals surface area contributed by atoms with Gasteiger partial charge < -0.3 is 4.18 Å². The number of hydrogen-bond acceptors (Lipinski definition) is 6. The van der Waals surface area contributed by atoms with Crippen molar-refractivity contribution in [1.82, 2.24) is 9.19 Å². The van der Waals surface area contributed by atoms with Crippen LogP contribution in [0.1, 0.15) is 0 Å². The topological polar surface area (TPSA) is 95.3 Å². The summed E-state index contributed by atoms with van der Waals surface area (Å²) in [6, 6.07) is 2.27. The Labute approximate surface area is 129 Å². The van der Waals surface area contributed by atoms with Crippen LogP contribution < -0.4 is 4.18 Å². The minimum atomic E-state index is -6.11. The molecule has 0 fully saturated rings. The monoisotopic (exact) mass is 398 g/mol.